The Morgan fingerprint density at radius 3 is 2.65 bits per heavy atom. The van der Waals surface area contributed by atoms with Crippen LogP contribution in [0.5, 0.6) is 5.75 Å². The number of nitrogens with zero attached hydrogens (tertiary/aromatic N) is 1. The number of amides is 2. The van der Waals surface area contributed by atoms with E-state index in [0.29, 0.717) is 25.1 Å². The van der Waals surface area contributed by atoms with Crippen molar-refractivity contribution >= 4 is 18.0 Å². The molecule has 1 aromatic rings. The highest BCUT2D eigenvalue weighted by molar-refractivity contribution is 6.35. The van der Waals surface area contributed by atoms with Gasteiger partial charge < -0.3 is 15.2 Å². The zero-order chi connectivity index (χ0) is 14.8. The largest absolute Gasteiger partial charge is 0.508 e. The highest BCUT2D eigenvalue weighted by atomic mass is 16.5. The number of aromatic hydroxyl groups is 1. The Labute approximate surface area is 116 Å². The first kappa shape index (κ1) is 15.6. The molecule has 0 aliphatic rings. The van der Waals surface area contributed by atoms with Crippen molar-refractivity contribution in [3.8, 4) is 5.75 Å². The molecule has 0 aliphatic carbocycles. The first-order valence-electron chi connectivity index (χ1n) is 6.02. The van der Waals surface area contributed by atoms with Gasteiger partial charge in [0.15, 0.2) is 0 Å². The summed E-state index contributed by atoms with van der Waals surface area (Å²) in [5.41, 5.74) is 2.80. The van der Waals surface area contributed by atoms with E-state index in [2.05, 4.69) is 15.8 Å². The highest BCUT2D eigenvalue weighted by Crippen LogP contribution is 2.07. The van der Waals surface area contributed by atoms with E-state index in [1.165, 1.54) is 18.3 Å². The molecule has 1 rings (SSSR count). The Bertz CT molecular complexity index is 471. The van der Waals surface area contributed by atoms with Crippen LogP contribution in [0.15, 0.2) is 29.4 Å². The third-order valence-corrected chi connectivity index (χ3v) is 2.29. The van der Waals surface area contributed by atoms with Crippen molar-refractivity contribution in [3.05, 3.63) is 29.8 Å². The van der Waals surface area contributed by atoms with Crippen LogP contribution in [0.2, 0.25) is 0 Å². The van der Waals surface area contributed by atoms with Crippen molar-refractivity contribution in [2.24, 2.45) is 5.10 Å². The summed E-state index contributed by atoms with van der Waals surface area (Å²) in [7, 11) is 1.56. The number of benzene rings is 1. The molecule has 0 bridgehead atoms. The lowest BCUT2D eigenvalue weighted by Crippen LogP contribution is -2.38. The van der Waals surface area contributed by atoms with Crippen molar-refractivity contribution in [1.82, 2.24) is 10.7 Å². The van der Waals surface area contributed by atoms with Crippen LogP contribution >= 0.6 is 0 Å². The fraction of sp³-hybridized carbons (Fsp3) is 0.308. The number of phenolic OH excluding ortho intramolecular Hbond substituents is 1. The van der Waals surface area contributed by atoms with Gasteiger partial charge in [-0.05, 0) is 36.2 Å². The second-order valence-electron chi connectivity index (χ2n) is 3.89. The van der Waals surface area contributed by atoms with E-state index < -0.39 is 11.8 Å². The molecule has 0 atom stereocenters. The van der Waals surface area contributed by atoms with Crippen LogP contribution in [0.3, 0.4) is 0 Å². The summed E-state index contributed by atoms with van der Waals surface area (Å²) in [6, 6.07) is 6.23. The summed E-state index contributed by atoms with van der Waals surface area (Å²) in [6.07, 6.45) is 2.00. The van der Waals surface area contributed by atoms with Gasteiger partial charge in [-0.15, -0.1) is 0 Å². The summed E-state index contributed by atoms with van der Waals surface area (Å²) in [4.78, 5) is 22.7. The van der Waals surface area contributed by atoms with E-state index in [-0.39, 0.29) is 5.75 Å². The van der Waals surface area contributed by atoms with Crippen molar-refractivity contribution < 1.29 is 19.4 Å². The third kappa shape index (κ3) is 5.96. The Kier molecular flexibility index (Phi) is 6.77. The zero-order valence-electron chi connectivity index (χ0n) is 11.1. The molecule has 0 saturated heterocycles. The first-order chi connectivity index (χ1) is 9.63. The summed E-state index contributed by atoms with van der Waals surface area (Å²) < 4.78 is 4.81. The van der Waals surface area contributed by atoms with E-state index >= 15 is 0 Å². The van der Waals surface area contributed by atoms with Gasteiger partial charge >= 0.3 is 11.8 Å². The van der Waals surface area contributed by atoms with Crippen LogP contribution in [-0.2, 0) is 14.3 Å². The van der Waals surface area contributed by atoms with Gasteiger partial charge in [-0.2, -0.15) is 5.10 Å². The predicted octanol–water partition coefficient (Wildman–Crippen LogP) is -0.00500. The number of nitrogens with one attached hydrogen (secondary N) is 2. The van der Waals surface area contributed by atoms with Crippen LogP contribution in [0.4, 0.5) is 0 Å². The maximum absolute atomic E-state index is 11.3. The number of hydrogen-bond acceptors (Lipinski definition) is 5. The van der Waals surface area contributed by atoms with E-state index in [1.54, 1.807) is 19.2 Å². The predicted molar refractivity (Wildman–Crippen MR) is 73.3 cm³/mol. The molecule has 0 fully saturated rings. The van der Waals surface area contributed by atoms with Gasteiger partial charge in [-0.3, -0.25) is 9.59 Å². The van der Waals surface area contributed by atoms with Gasteiger partial charge in [-0.1, -0.05) is 0 Å². The molecule has 3 N–H and O–H groups in total. The number of hydrazone groups is 1. The minimum Gasteiger partial charge on any atom is -0.508 e. The van der Waals surface area contributed by atoms with Crippen LogP contribution in [0.25, 0.3) is 0 Å². The van der Waals surface area contributed by atoms with Gasteiger partial charge in [0, 0.05) is 20.3 Å². The van der Waals surface area contributed by atoms with E-state index in [0.717, 1.165) is 0 Å². The standard InChI is InChI=1S/C13H17N3O4/c1-20-8-2-7-14-12(18)13(19)16-15-9-10-3-5-11(17)6-4-10/h3-6,9,17H,2,7-8H2,1H3,(H,14,18)(H,16,19)/b15-9-. The maximum Gasteiger partial charge on any atom is 0.329 e. The molecule has 0 aromatic heterocycles. The third-order valence-electron chi connectivity index (χ3n) is 2.29. The number of phenols is 1. The molecule has 0 spiro atoms. The van der Waals surface area contributed by atoms with Gasteiger partial charge in [0.1, 0.15) is 5.75 Å². The van der Waals surface area contributed by atoms with Gasteiger partial charge in [0.2, 0.25) is 0 Å². The van der Waals surface area contributed by atoms with Gasteiger partial charge in [0.25, 0.3) is 0 Å². The average Bonchev–Trinajstić information content (AvgIpc) is 2.45. The van der Waals surface area contributed by atoms with Crippen molar-refractivity contribution in [3.63, 3.8) is 0 Å². The molecular weight excluding hydrogens is 262 g/mol. The summed E-state index contributed by atoms with van der Waals surface area (Å²) in [5, 5.41) is 15.2. The smallest absolute Gasteiger partial charge is 0.329 e. The molecule has 7 nitrogen and oxygen atoms in total. The Hall–Kier alpha value is -2.41. The molecule has 108 valence electrons. The van der Waals surface area contributed by atoms with Crippen LogP contribution < -0.4 is 10.7 Å². The normalized spacial score (nSPS) is 10.4. The molecule has 2 amide bonds. The topological polar surface area (TPSA) is 100 Å². The lowest BCUT2D eigenvalue weighted by Gasteiger charge is -2.03. The van der Waals surface area contributed by atoms with Crippen LogP contribution in [-0.4, -0.2) is 43.4 Å². The van der Waals surface area contributed by atoms with Gasteiger partial charge in [-0.25, -0.2) is 5.43 Å². The van der Waals surface area contributed by atoms with Gasteiger partial charge in [0.05, 0.1) is 6.21 Å². The number of carbonyl (C=O) groups is 2. The number of ether oxygens (including phenoxy) is 1. The molecular formula is C13H17N3O4. The minimum absolute atomic E-state index is 0.140. The maximum atomic E-state index is 11.3. The Morgan fingerprint density at radius 1 is 1.30 bits per heavy atom. The summed E-state index contributed by atoms with van der Waals surface area (Å²) >= 11 is 0. The Morgan fingerprint density at radius 2 is 2.00 bits per heavy atom. The Balaban J connectivity index is 2.31. The fourth-order valence-electron chi connectivity index (χ4n) is 1.28. The van der Waals surface area contributed by atoms with Crippen molar-refractivity contribution in [2.45, 2.75) is 6.42 Å². The number of hydrogen-bond donors (Lipinski definition) is 3. The van der Waals surface area contributed by atoms with E-state index in [4.69, 9.17) is 9.84 Å². The molecule has 0 saturated carbocycles. The minimum atomic E-state index is -0.836. The number of rotatable bonds is 6. The molecule has 0 aliphatic heterocycles. The van der Waals surface area contributed by atoms with Crippen LogP contribution in [0.1, 0.15) is 12.0 Å². The van der Waals surface area contributed by atoms with E-state index in [9.17, 15) is 9.59 Å². The average molecular weight is 279 g/mol. The monoisotopic (exact) mass is 279 g/mol. The van der Waals surface area contributed by atoms with Crippen LogP contribution in [0, 0.1) is 0 Å². The number of carbonyl (C=O) groups excluding carboxylic acids is 2. The van der Waals surface area contributed by atoms with E-state index in [1.807, 2.05) is 0 Å². The first-order valence-corrected chi connectivity index (χ1v) is 6.02. The second kappa shape index (κ2) is 8.65. The molecule has 7 heteroatoms. The van der Waals surface area contributed by atoms with Crippen molar-refractivity contribution in [2.75, 3.05) is 20.3 Å². The summed E-state index contributed by atoms with van der Waals surface area (Å²) in [6.45, 7) is 0.878. The molecule has 20 heavy (non-hydrogen) atoms. The molecule has 1 aromatic carbocycles. The lowest BCUT2D eigenvalue weighted by molar-refractivity contribution is -0.139. The zero-order valence-corrected chi connectivity index (χ0v) is 11.1. The molecule has 0 heterocycles. The molecule has 0 unspecified atom stereocenters. The quantitative estimate of drug-likeness (QED) is 0.295. The fourth-order valence-corrected chi connectivity index (χ4v) is 1.28. The SMILES string of the molecule is COCCCNC(=O)C(=O)N/N=C\c1ccc(O)cc1. The lowest BCUT2D eigenvalue weighted by atomic mass is 10.2. The molecule has 0 radical (unpaired) electrons. The van der Waals surface area contributed by atoms with Crippen molar-refractivity contribution in [1.29, 1.82) is 0 Å². The summed E-state index contributed by atoms with van der Waals surface area (Å²) in [5.74, 6) is -1.44. The second-order valence-corrected chi connectivity index (χ2v) is 3.89. The highest BCUT2D eigenvalue weighted by Gasteiger charge is 2.10. The number of methoxy groups -OCH3 is 1.